The predicted octanol–water partition coefficient (Wildman–Crippen LogP) is 3.33. The van der Waals surface area contributed by atoms with Crippen molar-refractivity contribution in [2.75, 3.05) is 0 Å². The van der Waals surface area contributed by atoms with Crippen molar-refractivity contribution in [3.63, 3.8) is 0 Å². The molecule has 0 atom stereocenters. The number of aromatic nitrogens is 1. The van der Waals surface area contributed by atoms with E-state index >= 15 is 0 Å². The van der Waals surface area contributed by atoms with Crippen LogP contribution in [0.5, 0.6) is 0 Å². The maximum Gasteiger partial charge on any atom is 0.0681 e. The number of fused-ring (bicyclic) bond motifs is 1. The smallest absolute Gasteiger partial charge is 0.0681 e. The number of benzene rings is 2. The molecule has 2 heteroatoms. The van der Waals surface area contributed by atoms with Crippen LogP contribution in [0.3, 0.4) is 0 Å². The Kier molecular flexibility index (Phi) is 2.42. The third-order valence-electron chi connectivity index (χ3n) is 3.04. The van der Waals surface area contributed by atoms with E-state index in [2.05, 4.69) is 23.2 Å². The van der Waals surface area contributed by atoms with E-state index in [1.54, 1.807) is 0 Å². The van der Waals surface area contributed by atoms with Gasteiger partial charge in [0.25, 0.3) is 0 Å². The van der Waals surface area contributed by atoms with Gasteiger partial charge in [0.05, 0.1) is 6.61 Å². The largest absolute Gasteiger partial charge is 0.392 e. The summed E-state index contributed by atoms with van der Waals surface area (Å²) < 4.78 is 0. The van der Waals surface area contributed by atoms with Gasteiger partial charge in [-0.2, -0.15) is 0 Å². The van der Waals surface area contributed by atoms with Gasteiger partial charge < -0.3 is 10.1 Å². The highest BCUT2D eigenvalue weighted by molar-refractivity contribution is 5.94. The van der Waals surface area contributed by atoms with Crippen LogP contribution in [0.4, 0.5) is 0 Å². The molecule has 0 aliphatic carbocycles. The first-order valence-electron chi connectivity index (χ1n) is 5.65. The van der Waals surface area contributed by atoms with Gasteiger partial charge in [-0.1, -0.05) is 36.4 Å². The molecule has 0 aliphatic heterocycles. The SMILES string of the molecule is OCc1ccc(-c2cccc3[nH]ccc23)cc1. The molecule has 0 saturated carbocycles. The van der Waals surface area contributed by atoms with E-state index in [0.717, 1.165) is 11.1 Å². The van der Waals surface area contributed by atoms with Crippen molar-refractivity contribution >= 4 is 10.9 Å². The van der Waals surface area contributed by atoms with Crippen molar-refractivity contribution in [1.29, 1.82) is 0 Å². The van der Waals surface area contributed by atoms with Gasteiger partial charge in [-0.3, -0.25) is 0 Å². The molecule has 0 unspecified atom stereocenters. The number of aliphatic hydroxyl groups excluding tert-OH is 1. The van der Waals surface area contributed by atoms with E-state index in [4.69, 9.17) is 5.11 Å². The minimum Gasteiger partial charge on any atom is -0.392 e. The van der Waals surface area contributed by atoms with Crippen LogP contribution in [0.1, 0.15) is 5.56 Å². The number of hydrogen-bond acceptors (Lipinski definition) is 1. The fourth-order valence-corrected chi connectivity index (χ4v) is 2.13. The zero-order valence-electron chi connectivity index (χ0n) is 9.35. The highest BCUT2D eigenvalue weighted by atomic mass is 16.3. The number of H-pyrrole nitrogens is 1. The molecule has 0 fully saturated rings. The number of aliphatic hydroxyl groups is 1. The Labute approximate surface area is 99.5 Å². The third kappa shape index (κ3) is 1.73. The Balaban J connectivity index is 2.16. The molecule has 84 valence electrons. The maximum atomic E-state index is 9.03. The van der Waals surface area contributed by atoms with E-state index in [1.165, 1.54) is 16.5 Å². The van der Waals surface area contributed by atoms with Gasteiger partial charge in [0.2, 0.25) is 0 Å². The van der Waals surface area contributed by atoms with Crippen LogP contribution >= 0.6 is 0 Å². The standard InChI is InChI=1S/C15H13NO/c17-10-11-4-6-12(7-5-11)13-2-1-3-15-14(13)8-9-16-15/h1-9,16-17H,10H2. The zero-order valence-corrected chi connectivity index (χ0v) is 9.35. The molecule has 2 nitrogen and oxygen atoms in total. The Bertz CT molecular complexity index is 637. The first-order chi connectivity index (χ1) is 8.38. The number of nitrogens with one attached hydrogen (secondary N) is 1. The topological polar surface area (TPSA) is 36.0 Å². The van der Waals surface area contributed by atoms with Gasteiger partial charge in [0.15, 0.2) is 0 Å². The number of hydrogen-bond donors (Lipinski definition) is 2. The fourth-order valence-electron chi connectivity index (χ4n) is 2.13. The summed E-state index contributed by atoms with van der Waals surface area (Å²) in [6, 6.07) is 16.3. The Morgan fingerprint density at radius 3 is 2.53 bits per heavy atom. The first-order valence-corrected chi connectivity index (χ1v) is 5.65. The minimum atomic E-state index is 0.0919. The van der Waals surface area contributed by atoms with Crippen molar-refractivity contribution in [1.82, 2.24) is 4.98 Å². The van der Waals surface area contributed by atoms with E-state index in [9.17, 15) is 0 Å². The van der Waals surface area contributed by atoms with Gasteiger partial charge in [0, 0.05) is 17.1 Å². The second-order valence-corrected chi connectivity index (χ2v) is 4.10. The Hall–Kier alpha value is -2.06. The summed E-state index contributed by atoms with van der Waals surface area (Å²) in [5.74, 6) is 0. The monoisotopic (exact) mass is 223 g/mol. The number of rotatable bonds is 2. The minimum absolute atomic E-state index is 0.0919. The van der Waals surface area contributed by atoms with Crippen molar-refractivity contribution in [2.24, 2.45) is 0 Å². The van der Waals surface area contributed by atoms with Gasteiger partial charge in [-0.15, -0.1) is 0 Å². The van der Waals surface area contributed by atoms with Gasteiger partial charge in [0.1, 0.15) is 0 Å². The quantitative estimate of drug-likeness (QED) is 0.686. The molecule has 2 aromatic carbocycles. The summed E-state index contributed by atoms with van der Waals surface area (Å²) in [6.07, 6.45) is 1.95. The average Bonchev–Trinajstić information content (AvgIpc) is 2.87. The number of aromatic amines is 1. The summed E-state index contributed by atoms with van der Waals surface area (Å²) in [4.78, 5) is 3.21. The average molecular weight is 223 g/mol. The molecular weight excluding hydrogens is 210 g/mol. The third-order valence-corrected chi connectivity index (χ3v) is 3.04. The van der Waals surface area contributed by atoms with Crippen molar-refractivity contribution < 1.29 is 5.11 Å². The molecular formula is C15H13NO. The maximum absolute atomic E-state index is 9.03. The van der Waals surface area contributed by atoms with Crippen LogP contribution in [-0.2, 0) is 6.61 Å². The van der Waals surface area contributed by atoms with Crippen molar-refractivity contribution in [3.05, 3.63) is 60.3 Å². The van der Waals surface area contributed by atoms with Gasteiger partial charge in [-0.05, 0) is 28.8 Å². The molecule has 0 amide bonds. The lowest BCUT2D eigenvalue weighted by atomic mass is 10.0. The van der Waals surface area contributed by atoms with Crippen LogP contribution in [0.2, 0.25) is 0 Å². The molecule has 3 aromatic rings. The fraction of sp³-hybridized carbons (Fsp3) is 0.0667. The van der Waals surface area contributed by atoms with Crippen LogP contribution in [0, 0.1) is 0 Å². The van der Waals surface area contributed by atoms with Crippen molar-refractivity contribution in [3.8, 4) is 11.1 Å². The first kappa shape index (κ1) is 10.1. The summed E-state index contributed by atoms with van der Waals surface area (Å²) in [7, 11) is 0. The van der Waals surface area contributed by atoms with E-state index in [0.29, 0.717) is 0 Å². The summed E-state index contributed by atoms with van der Waals surface area (Å²) in [6.45, 7) is 0.0919. The highest BCUT2D eigenvalue weighted by Gasteiger charge is 2.03. The second-order valence-electron chi connectivity index (χ2n) is 4.10. The molecule has 1 aromatic heterocycles. The normalized spacial score (nSPS) is 10.9. The van der Waals surface area contributed by atoms with Gasteiger partial charge >= 0.3 is 0 Å². The van der Waals surface area contributed by atoms with Crippen LogP contribution in [0.25, 0.3) is 22.0 Å². The predicted molar refractivity (Wildman–Crippen MR) is 69.7 cm³/mol. The van der Waals surface area contributed by atoms with E-state index in [-0.39, 0.29) is 6.61 Å². The van der Waals surface area contributed by atoms with E-state index in [1.807, 2.05) is 36.5 Å². The lowest BCUT2D eigenvalue weighted by Crippen LogP contribution is -1.83. The van der Waals surface area contributed by atoms with Crippen LogP contribution in [0.15, 0.2) is 54.7 Å². The Morgan fingerprint density at radius 2 is 1.76 bits per heavy atom. The molecule has 0 aliphatic rings. The molecule has 1 heterocycles. The Morgan fingerprint density at radius 1 is 0.941 bits per heavy atom. The summed E-state index contributed by atoms with van der Waals surface area (Å²) >= 11 is 0. The summed E-state index contributed by atoms with van der Waals surface area (Å²) in [5, 5.41) is 10.3. The lowest BCUT2D eigenvalue weighted by Gasteiger charge is -2.04. The van der Waals surface area contributed by atoms with Crippen molar-refractivity contribution in [2.45, 2.75) is 6.61 Å². The van der Waals surface area contributed by atoms with E-state index < -0.39 is 0 Å². The van der Waals surface area contributed by atoms with Crippen LogP contribution in [-0.4, -0.2) is 10.1 Å². The second kappa shape index (κ2) is 4.07. The zero-order chi connectivity index (χ0) is 11.7. The molecule has 17 heavy (non-hydrogen) atoms. The lowest BCUT2D eigenvalue weighted by molar-refractivity contribution is 0.282. The highest BCUT2D eigenvalue weighted by Crippen LogP contribution is 2.28. The molecule has 2 N–H and O–H groups in total. The summed E-state index contributed by atoms with van der Waals surface area (Å²) in [5.41, 5.74) is 4.48. The molecule has 0 radical (unpaired) electrons. The van der Waals surface area contributed by atoms with Gasteiger partial charge in [-0.25, -0.2) is 0 Å². The molecule has 0 spiro atoms. The molecule has 0 saturated heterocycles. The molecule has 0 bridgehead atoms. The van der Waals surface area contributed by atoms with Crippen LogP contribution < -0.4 is 0 Å². The molecule has 3 rings (SSSR count).